The molecule has 0 spiro atoms. The predicted octanol–water partition coefficient (Wildman–Crippen LogP) is 22.9. The Morgan fingerprint density at radius 1 is 0.299 bits per heavy atom. The second-order valence-electron chi connectivity index (χ2n) is 24.3. The summed E-state index contributed by atoms with van der Waals surface area (Å²) in [6, 6.07) is 53.5. The molecule has 0 radical (unpaired) electrons. The van der Waals surface area contributed by atoms with Crippen LogP contribution in [0.1, 0.15) is 28.8 Å². The molecule has 2 aliphatic heterocycles. The third kappa shape index (κ3) is 8.01. The maximum Gasteiger partial charge on any atom is 0.252 e. The van der Waals surface area contributed by atoms with Gasteiger partial charge < -0.3 is 23.4 Å². The lowest BCUT2D eigenvalue weighted by Gasteiger charge is -2.45. The van der Waals surface area contributed by atoms with Crippen molar-refractivity contribution in [3.8, 4) is 55.9 Å². The van der Waals surface area contributed by atoms with Crippen LogP contribution in [0.5, 0.6) is 0 Å². The average Bonchev–Trinajstić information content (AvgIpc) is 1.24. The molecule has 0 amide bonds. The maximum atomic E-state index is 10.0. The van der Waals surface area contributed by atoms with E-state index in [1.54, 1.807) is 41.7 Å². The van der Waals surface area contributed by atoms with Gasteiger partial charge in [-0.2, -0.15) is 0 Å². The van der Waals surface area contributed by atoms with Gasteiger partial charge in [0.05, 0.1) is 67.9 Å². The summed E-state index contributed by atoms with van der Waals surface area (Å²) in [5.74, 6) is 0. The fourth-order valence-electron chi connectivity index (χ4n) is 15.2. The minimum atomic E-state index is -0.966. The summed E-state index contributed by atoms with van der Waals surface area (Å²) in [6.45, 7) is -0.966. The molecule has 4 aromatic heterocycles. The number of thiophene rings is 1. The molecule has 0 saturated heterocycles. The molecule has 19 aromatic rings. The quantitative estimate of drug-likeness (QED) is 0.142. The van der Waals surface area contributed by atoms with E-state index >= 15 is 0 Å². The highest BCUT2D eigenvalue weighted by Crippen LogP contribution is 2.53. The fourth-order valence-corrected chi connectivity index (χ4v) is 16.4. The molecule has 0 bridgehead atoms. The van der Waals surface area contributed by atoms with Crippen molar-refractivity contribution in [2.45, 2.75) is 0 Å². The van der Waals surface area contributed by atoms with E-state index in [9.17, 15) is 21.9 Å². The van der Waals surface area contributed by atoms with Crippen molar-refractivity contribution in [1.29, 1.82) is 0 Å². The zero-order valence-corrected chi connectivity index (χ0v) is 51.6. The van der Waals surface area contributed by atoms with E-state index in [-0.39, 0.29) is 66.1 Å². The Morgan fingerprint density at radius 2 is 0.804 bits per heavy atom. The van der Waals surface area contributed by atoms with Crippen LogP contribution in [0.2, 0.25) is 0 Å². The van der Waals surface area contributed by atoms with Gasteiger partial charge in [0, 0.05) is 97.6 Å². The molecule has 2 aliphatic rings. The van der Waals surface area contributed by atoms with E-state index < -0.39 is 134 Å². The van der Waals surface area contributed by atoms with Crippen molar-refractivity contribution in [3.05, 3.63) is 333 Å². The highest BCUT2D eigenvalue weighted by Gasteiger charge is 2.45. The smallest absolute Gasteiger partial charge is 0.252 e. The molecule has 0 aliphatic carbocycles. The van der Waals surface area contributed by atoms with Crippen LogP contribution in [-0.4, -0.2) is 15.8 Å². The second-order valence-corrected chi connectivity index (χ2v) is 25.3. The molecule has 0 saturated carbocycles. The van der Waals surface area contributed by atoms with Gasteiger partial charge in [0.1, 0.15) is 5.58 Å². The first-order valence-corrected chi connectivity index (χ1v) is 32.4. The van der Waals surface area contributed by atoms with Crippen molar-refractivity contribution >= 4 is 154 Å². The second kappa shape index (κ2) is 21.0. The third-order valence-corrected chi connectivity index (χ3v) is 20.5. The molecular weight excluding hydrogens is 1200 g/mol. The standard InChI is InChI=1S/C90H55BN4OS/c1-4-23-56(24-5-1)59-46-50-80(73(51-59)58-27-8-3-9-28-58)94-83-53-61(92-76-39-15-10-29-63(76)64-30-11-16-40-77(64)92)47-49-75(83)91-74-48-45-60(57-25-6-2-7-26-57)52-82(74)95(85-55-62(54-84(94)87(85)91)93-78-41-17-12-31-65(78)66-32-13-18-42-79(66)93)81-43-22-36-69-68-34-20-35-70(88(68)96-89(69)81)72-38-21-37-71-67-33-14-19-44-86(67)97-90(71)72/h1-55H/i2D,6D,7D,10D,11D,12D,13D,15D,16D,17D,18D,25D,26D,29D,30D,31D,32D,39D,40D,41D,42D. The van der Waals surface area contributed by atoms with Crippen molar-refractivity contribution in [2.24, 2.45) is 0 Å². The fraction of sp³-hybridized carbons (Fsp3) is 0. The van der Waals surface area contributed by atoms with E-state index in [1.165, 1.54) is 9.13 Å². The van der Waals surface area contributed by atoms with Gasteiger partial charge in [-0.15, -0.1) is 11.3 Å². The first-order valence-electron chi connectivity index (χ1n) is 42.1. The predicted molar refractivity (Wildman–Crippen MR) is 411 cm³/mol. The van der Waals surface area contributed by atoms with Gasteiger partial charge in [0.2, 0.25) is 0 Å². The van der Waals surface area contributed by atoms with E-state index in [0.29, 0.717) is 72.6 Å². The van der Waals surface area contributed by atoms with Crippen LogP contribution < -0.4 is 26.2 Å². The van der Waals surface area contributed by atoms with Crippen LogP contribution in [0, 0.1) is 0 Å². The molecule has 450 valence electrons. The Balaban J connectivity index is 0.962. The average molecular weight is 1270 g/mol. The largest absolute Gasteiger partial charge is 0.453 e. The number of rotatable bonds is 8. The van der Waals surface area contributed by atoms with Gasteiger partial charge in [-0.3, -0.25) is 0 Å². The number of nitrogens with zero attached hydrogens (tertiary/aromatic N) is 4. The Bertz CT molecular complexity index is 7640. The normalized spacial score (nSPS) is 15.7. The van der Waals surface area contributed by atoms with Gasteiger partial charge in [0.15, 0.2) is 5.58 Å². The van der Waals surface area contributed by atoms with Crippen molar-refractivity contribution in [3.63, 3.8) is 0 Å². The topological polar surface area (TPSA) is 29.5 Å². The van der Waals surface area contributed by atoms with Gasteiger partial charge >= 0.3 is 0 Å². The van der Waals surface area contributed by atoms with Crippen LogP contribution in [-0.2, 0) is 0 Å². The summed E-state index contributed by atoms with van der Waals surface area (Å²) in [4.78, 5) is 3.98. The summed E-state index contributed by atoms with van der Waals surface area (Å²) in [5.41, 5.74) is 9.38. The molecule has 0 N–H and O–H groups in total. The van der Waals surface area contributed by atoms with Crippen LogP contribution >= 0.6 is 11.3 Å². The first-order chi connectivity index (χ1) is 56.9. The lowest BCUT2D eigenvalue weighted by atomic mass is 9.33. The SMILES string of the molecule is [2H]c1c([2H])c([2H])c(-c2ccc3c(c2)N(c2cccc4c2oc2c(-c5cccc6c5sc5ccccc56)cccc24)c2cc(-n4c5c([2H])c([2H])c([2H])c([2H])c5c5c([2H])c([2H])c([2H])c([2H])c54)cc4c2B3c2ccc(-n3c5c([2H])c([2H])c([2H])c([2H])c5c5c([2H])c([2H])c([2H])c([2H])c53)cc2N4c2ccc(-c3ccccc3)cc2-c2ccccc2)c([2H])c1[2H]. The monoisotopic (exact) mass is 1270 g/mol. The molecule has 0 unspecified atom stereocenters. The summed E-state index contributed by atoms with van der Waals surface area (Å²) in [6.07, 6.45) is 0. The van der Waals surface area contributed by atoms with E-state index in [2.05, 4.69) is 30.3 Å². The van der Waals surface area contributed by atoms with Crippen LogP contribution in [0.25, 0.3) is 142 Å². The number of fused-ring (bicyclic) bond motifs is 16. The number of benzene rings is 15. The molecule has 21 rings (SSSR count). The highest BCUT2D eigenvalue weighted by molar-refractivity contribution is 7.26. The molecule has 6 heterocycles. The molecule has 0 atom stereocenters. The molecule has 97 heavy (non-hydrogen) atoms. The first kappa shape index (κ1) is 37.5. The molecule has 7 heteroatoms. The minimum absolute atomic E-state index is 0.0921. The van der Waals surface area contributed by atoms with Gasteiger partial charge in [-0.25, -0.2) is 0 Å². The summed E-state index contributed by atoms with van der Waals surface area (Å²) in [5, 5.41) is 2.87. The van der Waals surface area contributed by atoms with E-state index in [4.69, 9.17) is 11.3 Å². The minimum Gasteiger partial charge on any atom is -0.453 e. The van der Waals surface area contributed by atoms with Gasteiger partial charge in [-0.05, 0) is 123 Å². The molecule has 5 nitrogen and oxygen atoms in total. The maximum absolute atomic E-state index is 10.0. The van der Waals surface area contributed by atoms with E-state index in [0.717, 1.165) is 53.4 Å². The number of aromatic nitrogens is 2. The number of hydrogen-bond acceptors (Lipinski definition) is 4. The number of anilines is 6. The van der Waals surface area contributed by atoms with Gasteiger partial charge in [-0.1, -0.05) is 254 Å². The zero-order chi connectivity index (χ0) is 81.7. The third-order valence-electron chi connectivity index (χ3n) is 19.3. The molecular formula is C90H55BN4OS. The summed E-state index contributed by atoms with van der Waals surface area (Å²) < 4.78 is 211. The van der Waals surface area contributed by atoms with E-state index in [1.807, 2.05) is 155 Å². The van der Waals surface area contributed by atoms with Gasteiger partial charge in [0.25, 0.3) is 6.71 Å². The zero-order valence-electron chi connectivity index (χ0n) is 71.8. The summed E-state index contributed by atoms with van der Waals surface area (Å²) in [7, 11) is 0. The lowest BCUT2D eigenvalue weighted by molar-refractivity contribution is 0.670. The Hall–Kier alpha value is -12.4. The van der Waals surface area contributed by atoms with Crippen molar-refractivity contribution in [2.75, 3.05) is 9.80 Å². The number of furan rings is 1. The van der Waals surface area contributed by atoms with Crippen molar-refractivity contribution < 1.29 is 33.2 Å². The summed E-state index contributed by atoms with van der Waals surface area (Å²) >= 11 is 1.67. The van der Waals surface area contributed by atoms with Crippen molar-refractivity contribution in [1.82, 2.24) is 9.13 Å². The van der Waals surface area contributed by atoms with Crippen LogP contribution in [0.15, 0.2) is 338 Å². The van der Waals surface area contributed by atoms with Crippen LogP contribution in [0.3, 0.4) is 0 Å². The molecule has 15 aromatic carbocycles. The van der Waals surface area contributed by atoms with Crippen LogP contribution in [0.4, 0.5) is 34.1 Å². The highest BCUT2D eigenvalue weighted by atomic mass is 32.1. The Labute approximate surface area is 593 Å². The Morgan fingerprint density at radius 3 is 1.48 bits per heavy atom. The Kier molecular flexibility index (Phi) is 8.13. The lowest BCUT2D eigenvalue weighted by Crippen LogP contribution is -2.61. The number of para-hydroxylation sites is 6. The number of hydrogen-bond donors (Lipinski definition) is 0. The molecule has 0 fully saturated rings.